The van der Waals surface area contributed by atoms with Crippen LogP contribution in [-0.2, 0) is 17.1 Å². The standard InChI is InChI=1S/C23H26F3N7O.C21H23F3N6O.C20H20FN7.4H2/c24-23(25,26)16-6-7-17(29-19(16)18-15-5-4-10-28-20(15)31-30-18)32-13-8-22(9-14-32,21(27)34)33-11-2-1-3-12-33;1-12-10-30(11-15(26-12)20(31)7-3-8-20)16-6-5-14(21(22,23)24)18(27-16)17-13-4-2-9-25-19(13)29-28-17;1-11-9-17(26-25-11)16-10-12(6-8-22-16)15-5-4-14(21)19(24-15)18-13-3-2-7-23-20(13)28-27-18;;;;/h4-7,10H,1-3,8-9,11-14H2,(H2,27,34)(H,28,30,31);2,4-6,9,12,15,26,31H,3,7-8,10-11H2,1H3,(H,25,28,29);2-5,7,9,12,16,22H,6,8,10H2,1H3,(H,25,26)(H,23,27,28);4*1H/t;;12?,16-;;;;/m..0..../s1. The number of aromatic nitrogens is 14. The van der Waals surface area contributed by atoms with Crippen molar-refractivity contribution in [2.24, 2.45) is 5.73 Å². The molecule has 0 aromatic carbocycles. The van der Waals surface area contributed by atoms with Gasteiger partial charge in [0.05, 0.1) is 51.6 Å². The average Bonchev–Trinajstić information content (AvgIpc) is 1.63. The van der Waals surface area contributed by atoms with Gasteiger partial charge in [-0.15, -0.1) is 0 Å². The lowest BCUT2D eigenvalue weighted by molar-refractivity contribution is -0.138. The summed E-state index contributed by atoms with van der Waals surface area (Å²) in [7, 11) is 0. The molecule has 10 aromatic heterocycles. The molecule has 0 bridgehead atoms. The van der Waals surface area contributed by atoms with Gasteiger partial charge in [-0.25, -0.2) is 34.3 Å². The van der Waals surface area contributed by atoms with Crippen molar-refractivity contribution in [3.63, 3.8) is 0 Å². The molecule has 4 aliphatic heterocycles. The quantitative estimate of drug-likeness (QED) is 0.0591. The van der Waals surface area contributed by atoms with E-state index < -0.39 is 34.6 Å². The van der Waals surface area contributed by atoms with Crippen molar-refractivity contribution in [3.8, 4) is 34.2 Å². The molecule has 15 rings (SSSR count). The van der Waals surface area contributed by atoms with Gasteiger partial charge in [0.2, 0.25) is 5.91 Å². The van der Waals surface area contributed by atoms with Gasteiger partial charge < -0.3 is 31.3 Å². The van der Waals surface area contributed by atoms with E-state index in [-0.39, 0.29) is 64.3 Å². The molecule has 0 radical (unpaired) electrons. The third-order valence-corrected chi connectivity index (χ3v) is 18.8. The van der Waals surface area contributed by atoms with E-state index in [2.05, 4.69) is 87.3 Å². The van der Waals surface area contributed by atoms with Crippen LogP contribution < -0.4 is 26.2 Å². The number of aliphatic hydroxyl groups is 1. The summed E-state index contributed by atoms with van der Waals surface area (Å²) in [6.45, 7) is 8.55. The van der Waals surface area contributed by atoms with Crippen LogP contribution >= 0.6 is 0 Å². The van der Waals surface area contributed by atoms with Crippen molar-refractivity contribution < 1.29 is 46.3 Å². The molecular formula is C64H77F7N20O2. The summed E-state index contributed by atoms with van der Waals surface area (Å²) in [4.78, 5) is 44.6. The van der Waals surface area contributed by atoms with Crippen molar-refractivity contribution in [2.45, 2.75) is 126 Å². The number of aryl methyl sites for hydroxylation is 1. The average molecular weight is 1290 g/mol. The van der Waals surface area contributed by atoms with E-state index in [1.807, 2.05) is 35.8 Å². The molecule has 29 heteroatoms. The molecule has 9 N–H and O–H groups in total. The van der Waals surface area contributed by atoms with E-state index in [9.17, 15) is 40.6 Å². The zero-order valence-electron chi connectivity index (χ0n) is 51.0. The van der Waals surface area contributed by atoms with Crippen molar-refractivity contribution in [2.75, 3.05) is 55.6 Å². The molecule has 1 aliphatic carbocycles. The summed E-state index contributed by atoms with van der Waals surface area (Å²) >= 11 is 0. The van der Waals surface area contributed by atoms with Crippen LogP contribution in [0.4, 0.5) is 42.4 Å². The van der Waals surface area contributed by atoms with Crippen LogP contribution in [0.15, 0.2) is 97.5 Å². The maximum Gasteiger partial charge on any atom is 0.418 e. The highest BCUT2D eigenvalue weighted by atomic mass is 19.4. The van der Waals surface area contributed by atoms with Crippen molar-refractivity contribution in [3.05, 3.63) is 131 Å². The Labute approximate surface area is 534 Å². The smallest absolute Gasteiger partial charge is 0.388 e. The number of amides is 1. The summed E-state index contributed by atoms with van der Waals surface area (Å²) in [5.74, 6) is 0.398. The molecule has 3 unspecified atom stereocenters. The van der Waals surface area contributed by atoms with Gasteiger partial charge in [0.25, 0.3) is 0 Å². The van der Waals surface area contributed by atoms with E-state index in [1.165, 1.54) is 30.6 Å². The van der Waals surface area contributed by atoms with Gasteiger partial charge in [-0.3, -0.25) is 30.1 Å². The Morgan fingerprint density at radius 2 is 1.18 bits per heavy atom. The fraction of sp³-hybridized carbons (Fsp3) is 0.422. The fourth-order valence-electron chi connectivity index (χ4n) is 13.7. The number of nitrogens with one attached hydrogen (secondary N) is 6. The number of rotatable bonds is 10. The molecule has 0 spiro atoms. The topological polar surface area (TPSA) is 289 Å². The number of aromatic amines is 4. The number of likely N-dealkylation sites (tertiary alicyclic amines) is 1. The van der Waals surface area contributed by atoms with Crippen LogP contribution in [0.1, 0.15) is 117 Å². The number of H-pyrrole nitrogens is 4. The van der Waals surface area contributed by atoms with E-state index in [1.54, 1.807) is 36.5 Å². The minimum Gasteiger partial charge on any atom is -0.388 e. The lowest BCUT2D eigenvalue weighted by atomic mass is 9.73. The Kier molecular flexibility index (Phi) is 17.2. The predicted octanol–water partition coefficient (Wildman–Crippen LogP) is 10.9. The summed E-state index contributed by atoms with van der Waals surface area (Å²) < 4.78 is 97.6. The van der Waals surface area contributed by atoms with Crippen LogP contribution in [0, 0.1) is 12.7 Å². The predicted molar refractivity (Wildman–Crippen MR) is 342 cm³/mol. The molecule has 22 nitrogen and oxygen atoms in total. The van der Waals surface area contributed by atoms with Crippen LogP contribution in [-0.4, -0.2) is 156 Å². The number of primary amides is 1. The number of anilines is 2. The second kappa shape index (κ2) is 25.4. The first-order valence-corrected chi connectivity index (χ1v) is 31.2. The minimum absolute atomic E-state index is 0. The Bertz CT molecular complexity index is 4320. The zero-order chi connectivity index (χ0) is 64.8. The number of piperidine rings is 3. The van der Waals surface area contributed by atoms with Gasteiger partial charge in [0.15, 0.2) is 22.8 Å². The Balaban J connectivity index is 0.000000168. The van der Waals surface area contributed by atoms with Crippen molar-refractivity contribution in [1.29, 1.82) is 0 Å². The molecule has 494 valence electrons. The monoisotopic (exact) mass is 1290 g/mol. The van der Waals surface area contributed by atoms with Crippen molar-refractivity contribution in [1.82, 2.24) is 86.2 Å². The second-order valence-corrected chi connectivity index (χ2v) is 24.7. The van der Waals surface area contributed by atoms with Crippen molar-refractivity contribution >= 4 is 50.6 Å². The van der Waals surface area contributed by atoms with Gasteiger partial charge >= 0.3 is 12.4 Å². The largest absolute Gasteiger partial charge is 0.418 e. The SMILES string of the molecule is CC1CN(c2ccc(C(F)(F)F)c(-c3[nH]nc4ncccc34)n2)CC(C2(O)CCC2)N1.Cc1cc([C@@H]2CC(c3ccc(F)c(-c4[nH]nc5ncccc45)n3)CCN2)n[nH]1.NC(=O)C1(N2CCCCC2)CCN(c2ccc(C(F)(F)F)c(-c3[nH]nc4ncccc34)n2)CC1.[HH].[HH].[HH].[HH]. The van der Waals surface area contributed by atoms with Gasteiger partial charge in [0, 0.05) is 90.0 Å². The van der Waals surface area contributed by atoms with Crippen LogP contribution in [0.5, 0.6) is 0 Å². The van der Waals surface area contributed by atoms with Gasteiger partial charge in [-0.2, -0.15) is 46.7 Å². The highest BCUT2D eigenvalue weighted by Crippen LogP contribution is 2.43. The molecule has 1 amide bonds. The third kappa shape index (κ3) is 12.7. The van der Waals surface area contributed by atoms with E-state index in [0.29, 0.717) is 89.8 Å². The number of halogens is 7. The molecule has 14 heterocycles. The molecule has 5 fully saturated rings. The van der Waals surface area contributed by atoms with Crippen LogP contribution in [0.3, 0.4) is 0 Å². The first kappa shape index (κ1) is 62.7. The summed E-state index contributed by atoms with van der Waals surface area (Å²) in [6, 6.07) is 20.7. The number of nitrogens with zero attached hydrogens (tertiary/aromatic N) is 13. The summed E-state index contributed by atoms with van der Waals surface area (Å²) in [5.41, 5.74) is 7.66. The normalized spacial score (nSPS) is 21.0. The molecule has 4 saturated heterocycles. The lowest BCUT2D eigenvalue weighted by Crippen LogP contribution is -2.66. The molecule has 1 saturated carbocycles. The number of carbonyl (C=O) groups is 1. The molecule has 4 atom stereocenters. The zero-order valence-corrected chi connectivity index (χ0v) is 51.0. The molecule has 5 aliphatic rings. The Morgan fingerprint density at radius 3 is 1.69 bits per heavy atom. The molecular weight excluding hydrogens is 1210 g/mol. The van der Waals surface area contributed by atoms with Crippen LogP contribution in [0.2, 0.25) is 0 Å². The first-order valence-electron chi connectivity index (χ1n) is 31.2. The number of alkyl halides is 6. The highest BCUT2D eigenvalue weighted by Gasteiger charge is 2.47. The van der Waals surface area contributed by atoms with Gasteiger partial charge in [0.1, 0.15) is 34.3 Å². The third-order valence-electron chi connectivity index (χ3n) is 18.8. The second-order valence-electron chi connectivity index (χ2n) is 24.7. The van der Waals surface area contributed by atoms with Gasteiger partial charge in [-0.05, 0) is 170 Å². The Hall–Kier alpha value is -9.06. The number of fused-ring (bicyclic) bond motifs is 3. The van der Waals surface area contributed by atoms with E-state index in [0.717, 1.165) is 106 Å². The summed E-state index contributed by atoms with van der Waals surface area (Å²) in [5, 5.41) is 47.4. The maximum absolute atomic E-state index is 14.6. The molecule has 93 heavy (non-hydrogen) atoms. The van der Waals surface area contributed by atoms with E-state index in [4.69, 9.17) is 10.7 Å². The van der Waals surface area contributed by atoms with Crippen LogP contribution in [0.25, 0.3) is 67.3 Å². The summed E-state index contributed by atoms with van der Waals surface area (Å²) in [6.07, 6.45) is 4.07. The number of carbonyl (C=O) groups excluding carboxylic acids is 1. The maximum atomic E-state index is 14.6. The number of nitrogens with two attached hydrogens (primary N) is 1. The fourth-order valence-corrected chi connectivity index (χ4v) is 13.7. The number of hydrogen-bond donors (Lipinski definition) is 8. The number of piperazine rings is 1. The highest BCUT2D eigenvalue weighted by molar-refractivity contribution is 5.92. The minimum atomic E-state index is -4.59. The number of hydrogen-bond acceptors (Lipinski definition) is 17. The lowest BCUT2D eigenvalue weighted by Gasteiger charge is -2.49. The first-order chi connectivity index (χ1) is 44.7. The Morgan fingerprint density at radius 1 is 0.634 bits per heavy atom. The van der Waals surface area contributed by atoms with Gasteiger partial charge in [-0.1, -0.05) is 6.42 Å². The molecule has 10 aromatic rings. The van der Waals surface area contributed by atoms with E-state index >= 15 is 0 Å². The number of pyridine rings is 6.